The molecule has 1 fully saturated rings. The largest absolute Gasteiger partial charge is 0.480 e. The van der Waals surface area contributed by atoms with Crippen LogP contribution >= 0.6 is 0 Å². The SMILES string of the molecule is CC(C)C1CCCN1C(=O)NC(C(=O)O)C(C)(C)C. The van der Waals surface area contributed by atoms with Gasteiger partial charge in [-0.15, -0.1) is 0 Å². The highest BCUT2D eigenvalue weighted by atomic mass is 16.4. The zero-order valence-electron chi connectivity index (χ0n) is 12.6. The topological polar surface area (TPSA) is 69.6 Å². The highest BCUT2D eigenvalue weighted by Crippen LogP contribution is 2.25. The van der Waals surface area contributed by atoms with Gasteiger partial charge in [0, 0.05) is 12.6 Å². The highest BCUT2D eigenvalue weighted by molar-refractivity contribution is 5.83. The maximum absolute atomic E-state index is 12.3. The second kappa shape index (κ2) is 5.80. The Morgan fingerprint density at radius 3 is 2.32 bits per heavy atom. The van der Waals surface area contributed by atoms with Crippen LogP contribution in [-0.2, 0) is 4.79 Å². The highest BCUT2D eigenvalue weighted by Gasteiger charge is 2.37. The van der Waals surface area contributed by atoms with Crippen LogP contribution in [0.15, 0.2) is 0 Å². The minimum atomic E-state index is -0.985. The number of hydrogen-bond donors (Lipinski definition) is 2. The van der Waals surface area contributed by atoms with E-state index in [9.17, 15) is 14.7 Å². The lowest BCUT2D eigenvalue weighted by molar-refractivity contribution is -0.142. The van der Waals surface area contributed by atoms with Crippen molar-refractivity contribution in [3.8, 4) is 0 Å². The third-order valence-electron chi connectivity index (χ3n) is 3.71. The third-order valence-corrected chi connectivity index (χ3v) is 3.71. The monoisotopic (exact) mass is 270 g/mol. The number of nitrogens with one attached hydrogen (secondary N) is 1. The summed E-state index contributed by atoms with van der Waals surface area (Å²) in [6.07, 6.45) is 1.99. The summed E-state index contributed by atoms with van der Waals surface area (Å²) in [6, 6.07) is -0.902. The molecule has 0 saturated carbocycles. The Kier molecular flexibility index (Phi) is 4.82. The molecule has 19 heavy (non-hydrogen) atoms. The standard InChI is InChI=1S/C14H26N2O3/c1-9(2)10-7-6-8-16(10)13(19)15-11(12(17)18)14(3,4)5/h9-11H,6-8H2,1-5H3,(H,15,19)(H,17,18). The van der Waals surface area contributed by atoms with Gasteiger partial charge in [-0.1, -0.05) is 34.6 Å². The molecule has 5 nitrogen and oxygen atoms in total. The summed E-state index contributed by atoms with van der Waals surface area (Å²) in [5, 5.41) is 11.9. The van der Waals surface area contributed by atoms with E-state index in [1.807, 2.05) is 20.8 Å². The van der Waals surface area contributed by atoms with E-state index < -0.39 is 17.4 Å². The van der Waals surface area contributed by atoms with Gasteiger partial charge in [0.1, 0.15) is 6.04 Å². The molecule has 2 unspecified atom stereocenters. The quantitative estimate of drug-likeness (QED) is 0.827. The number of urea groups is 1. The molecule has 0 aromatic carbocycles. The van der Waals surface area contributed by atoms with E-state index in [2.05, 4.69) is 19.2 Å². The first-order valence-corrected chi connectivity index (χ1v) is 6.94. The van der Waals surface area contributed by atoms with Gasteiger partial charge >= 0.3 is 12.0 Å². The fourth-order valence-corrected chi connectivity index (χ4v) is 2.59. The van der Waals surface area contributed by atoms with Gasteiger partial charge in [0.05, 0.1) is 0 Å². The summed E-state index contributed by atoms with van der Waals surface area (Å²) in [4.78, 5) is 25.3. The van der Waals surface area contributed by atoms with Gasteiger partial charge in [0.25, 0.3) is 0 Å². The fraction of sp³-hybridized carbons (Fsp3) is 0.857. The van der Waals surface area contributed by atoms with Crippen molar-refractivity contribution < 1.29 is 14.7 Å². The first kappa shape index (κ1) is 15.8. The molecule has 1 rings (SSSR count). The molecule has 0 aromatic rings. The van der Waals surface area contributed by atoms with Crippen molar-refractivity contribution in [3.63, 3.8) is 0 Å². The Labute approximate surface area is 115 Å². The van der Waals surface area contributed by atoms with Crippen LogP contribution in [0.5, 0.6) is 0 Å². The van der Waals surface area contributed by atoms with Gasteiger partial charge in [0.2, 0.25) is 0 Å². The lowest BCUT2D eigenvalue weighted by Gasteiger charge is -2.33. The predicted molar refractivity (Wildman–Crippen MR) is 74.0 cm³/mol. The maximum Gasteiger partial charge on any atom is 0.326 e. The van der Waals surface area contributed by atoms with Gasteiger partial charge < -0.3 is 15.3 Å². The minimum Gasteiger partial charge on any atom is -0.480 e. The molecule has 0 radical (unpaired) electrons. The van der Waals surface area contributed by atoms with Crippen LogP contribution in [0.4, 0.5) is 4.79 Å². The number of hydrogen-bond acceptors (Lipinski definition) is 2. The summed E-state index contributed by atoms with van der Waals surface area (Å²) in [5.41, 5.74) is -0.505. The van der Waals surface area contributed by atoms with Gasteiger partial charge in [-0.2, -0.15) is 0 Å². The van der Waals surface area contributed by atoms with Crippen molar-refractivity contribution in [1.82, 2.24) is 10.2 Å². The van der Waals surface area contributed by atoms with Gasteiger partial charge in [-0.25, -0.2) is 9.59 Å². The van der Waals surface area contributed by atoms with Gasteiger partial charge in [0.15, 0.2) is 0 Å². The van der Waals surface area contributed by atoms with Crippen molar-refractivity contribution in [2.24, 2.45) is 11.3 Å². The maximum atomic E-state index is 12.3. The van der Waals surface area contributed by atoms with Crippen LogP contribution in [0, 0.1) is 11.3 Å². The van der Waals surface area contributed by atoms with Crippen molar-refractivity contribution in [1.29, 1.82) is 0 Å². The number of nitrogens with zero attached hydrogens (tertiary/aromatic N) is 1. The minimum absolute atomic E-state index is 0.217. The molecular formula is C14H26N2O3. The van der Waals surface area contributed by atoms with Crippen molar-refractivity contribution in [2.75, 3.05) is 6.54 Å². The van der Waals surface area contributed by atoms with E-state index in [0.717, 1.165) is 12.8 Å². The molecule has 1 heterocycles. The smallest absolute Gasteiger partial charge is 0.326 e. The van der Waals surface area contributed by atoms with E-state index >= 15 is 0 Å². The van der Waals surface area contributed by atoms with Crippen LogP contribution in [0.3, 0.4) is 0 Å². The summed E-state index contributed by atoms with van der Waals surface area (Å²) in [5.74, 6) is -0.590. The van der Waals surface area contributed by atoms with Crippen molar-refractivity contribution in [2.45, 2.75) is 59.5 Å². The number of rotatable bonds is 3. The third kappa shape index (κ3) is 3.85. The van der Waals surface area contributed by atoms with Gasteiger partial charge in [-0.3, -0.25) is 0 Å². The lowest BCUT2D eigenvalue weighted by atomic mass is 9.87. The predicted octanol–water partition coefficient (Wildman–Crippen LogP) is 2.32. The van der Waals surface area contributed by atoms with E-state index in [4.69, 9.17) is 0 Å². The summed E-state index contributed by atoms with van der Waals surface area (Å²) in [6.45, 7) is 10.3. The van der Waals surface area contributed by atoms with E-state index in [1.165, 1.54) is 0 Å². The molecule has 0 aliphatic carbocycles. The van der Waals surface area contributed by atoms with Crippen LogP contribution in [0.2, 0.25) is 0 Å². The zero-order valence-corrected chi connectivity index (χ0v) is 12.6. The van der Waals surface area contributed by atoms with Crippen LogP contribution in [0.1, 0.15) is 47.5 Å². The average molecular weight is 270 g/mol. The molecule has 110 valence electrons. The molecule has 0 spiro atoms. The first-order chi connectivity index (χ1) is 8.64. The zero-order chi connectivity index (χ0) is 14.8. The Balaban J connectivity index is 2.75. The number of amides is 2. The molecule has 1 saturated heterocycles. The van der Waals surface area contributed by atoms with E-state index in [-0.39, 0.29) is 12.1 Å². The lowest BCUT2D eigenvalue weighted by Crippen LogP contribution is -2.54. The normalized spacial score (nSPS) is 21.6. The van der Waals surface area contributed by atoms with Crippen molar-refractivity contribution >= 4 is 12.0 Å². The van der Waals surface area contributed by atoms with Gasteiger partial charge in [-0.05, 0) is 24.2 Å². The second-order valence-corrected chi connectivity index (χ2v) is 6.73. The number of likely N-dealkylation sites (tertiary alicyclic amines) is 1. The molecular weight excluding hydrogens is 244 g/mol. The van der Waals surface area contributed by atoms with Crippen LogP contribution in [-0.4, -0.2) is 40.6 Å². The number of aliphatic carboxylic acids is 1. The number of carboxylic acid groups (broad SMARTS) is 1. The molecule has 1 aliphatic rings. The van der Waals surface area contributed by atoms with Crippen LogP contribution < -0.4 is 5.32 Å². The molecule has 2 N–H and O–H groups in total. The number of carboxylic acids is 1. The van der Waals surface area contributed by atoms with E-state index in [1.54, 1.807) is 4.90 Å². The molecule has 0 aromatic heterocycles. The Hall–Kier alpha value is -1.26. The van der Waals surface area contributed by atoms with Crippen molar-refractivity contribution in [3.05, 3.63) is 0 Å². The van der Waals surface area contributed by atoms with E-state index in [0.29, 0.717) is 12.5 Å². The second-order valence-electron chi connectivity index (χ2n) is 6.73. The Morgan fingerprint density at radius 1 is 1.32 bits per heavy atom. The first-order valence-electron chi connectivity index (χ1n) is 6.94. The average Bonchev–Trinajstić information content (AvgIpc) is 2.72. The fourth-order valence-electron chi connectivity index (χ4n) is 2.59. The number of carbonyl (C=O) groups excluding carboxylic acids is 1. The van der Waals surface area contributed by atoms with Crippen LogP contribution in [0.25, 0.3) is 0 Å². The summed E-state index contributed by atoms with van der Waals surface area (Å²) >= 11 is 0. The Bertz CT molecular complexity index is 347. The molecule has 0 bridgehead atoms. The molecule has 2 amide bonds. The Morgan fingerprint density at radius 2 is 1.89 bits per heavy atom. The summed E-state index contributed by atoms with van der Waals surface area (Å²) < 4.78 is 0. The molecule has 2 atom stereocenters. The summed E-state index contributed by atoms with van der Waals surface area (Å²) in [7, 11) is 0. The molecule has 1 aliphatic heterocycles. The molecule has 5 heteroatoms. The number of carbonyl (C=O) groups is 2.